The van der Waals surface area contributed by atoms with Crippen molar-refractivity contribution in [1.29, 1.82) is 0 Å². The molecule has 1 aromatic rings. The molecular weight excluding hydrogens is 224 g/mol. The van der Waals surface area contributed by atoms with Gasteiger partial charge in [0, 0.05) is 37.4 Å². The zero-order valence-corrected chi connectivity index (χ0v) is 12.3. The molecule has 0 aromatic carbocycles. The monoisotopic (exact) mass is 250 g/mol. The van der Waals surface area contributed by atoms with Crippen molar-refractivity contribution >= 4 is 5.95 Å². The summed E-state index contributed by atoms with van der Waals surface area (Å²) in [6, 6.07) is 1.51. The van der Waals surface area contributed by atoms with E-state index in [0.717, 1.165) is 25.5 Å². The molecule has 1 aromatic heterocycles. The highest BCUT2D eigenvalue weighted by molar-refractivity contribution is 5.36. The van der Waals surface area contributed by atoms with Crippen molar-refractivity contribution in [2.24, 2.45) is 0 Å². The van der Waals surface area contributed by atoms with Crippen LogP contribution < -0.4 is 10.2 Å². The Kier molecular flexibility index (Phi) is 3.95. The summed E-state index contributed by atoms with van der Waals surface area (Å²) in [5.74, 6) is 1.14. The predicted octanol–water partition coefficient (Wildman–Crippen LogP) is 2.21. The minimum absolute atomic E-state index is 0.466. The second kappa shape index (κ2) is 5.31. The van der Waals surface area contributed by atoms with Gasteiger partial charge in [-0.2, -0.15) is 0 Å². The molecule has 1 N–H and O–H groups in total. The van der Waals surface area contributed by atoms with Gasteiger partial charge in [0.25, 0.3) is 0 Å². The van der Waals surface area contributed by atoms with Gasteiger partial charge in [-0.3, -0.25) is 0 Å². The average molecular weight is 250 g/mol. The molecule has 0 radical (unpaired) electrons. The van der Waals surface area contributed by atoms with Gasteiger partial charge in [0.15, 0.2) is 0 Å². The van der Waals surface area contributed by atoms with Crippen LogP contribution in [-0.4, -0.2) is 34.7 Å². The minimum Gasteiger partial charge on any atom is -0.339 e. The number of piperazine rings is 1. The van der Waals surface area contributed by atoms with E-state index in [1.807, 2.05) is 0 Å². The smallest absolute Gasteiger partial charge is 0.206 e. The largest absolute Gasteiger partial charge is 0.339 e. The first-order chi connectivity index (χ1) is 8.51. The van der Waals surface area contributed by atoms with Crippen molar-refractivity contribution < 1.29 is 0 Å². The van der Waals surface area contributed by atoms with Crippen LogP contribution in [0.4, 0.5) is 5.95 Å². The van der Waals surface area contributed by atoms with Crippen LogP contribution >= 0.6 is 0 Å². The first-order valence-corrected chi connectivity index (χ1v) is 7.10. The van der Waals surface area contributed by atoms with E-state index in [9.17, 15) is 0 Å². The predicted molar refractivity (Wildman–Crippen MR) is 76.3 cm³/mol. The highest BCUT2D eigenvalue weighted by Gasteiger charge is 2.25. The quantitative estimate of drug-likeness (QED) is 0.893. The Hall–Kier alpha value is -1.03. The zero-order chi connectivity index (χ0) is 13.3. The Labute approximate surface area is 110 Å². The van der Waals surface area contributed by atoms with Gasteiger partial charge < -0.3 is 14.8 Å². The standard InChI is InChI=1S/C14H26N4/c1-6-13-9-18(10(2)3)14(16-13)17-7-11(4)15-12(5)8-17/h9-12,15H,6-8H2,1-5H3. The van der Waals surface area contributed by atoms with Crippen molar-refractivity contribution in [1.82, 2.24) is 14.9 Å². The molecule has 0 spiro atoms. The van der Waals surface area contributed by atoms with E-state index < -0.39 is 0 Å². The van der Waals surface area contributed by atoms with E-state index in [0.29, 0.717) is 18.1 Å². The molecule has 1 aliphatic rings. The fourth-order valence-corrected chi connectivity index (χ4v) is 2.71. The van der Waals surface area contributed by atoms with Crippen LogP contribution in [-0.2, 0) is 6.42 Å². The van der Waals surface area contributed by atoms with E-state index >= 15 is 0 Å². The Morgan fingerprint density at radius 3 is 2.44 bits per heavy atom. The van der Waals surface area contributed by atoms with Gasteiger partial charge in [0.2, 0.25) is 5.95 Å². The van der Waals surface area contributed by atoms with E-state index in [-0.39, 0.29) is 0 Å². The molecule has 18 heavy (non-hydrogen) atoms. The first kappa shape index (κ1) is 13.4. The zero-order valence-electron chi connectivity index (χ0n) is 12.3. The molecule has 4 nitrogen and oxygen atoms in total. The number of aryl methyl sites for hydroxylation is 1. The summed E-state index contributed by atoms with van der Waals surface area (Å²) >= 11 is 0. The Morgan fingerprint density at radius 1 is 1.33 bits per heavy atom. The Balaban J connectivity index is 2.28. The molecule has 0 bridgehead atoms. The molecule has 2 unspecified atom stereocenters. The molecule has 1 fully saturated rings. The summed E-state index contributed by atoms with van der Waals surface area (Å²) in [6.07, 6.45) is 3.21. The second-order valence-electron chi connectivity index (χ2n) is 5.76. The molecule has 4 heteroatoms. The molecule has 0 aliphatic carbocycles. The highest BCUT2D eigenvalue weighted by atomic mass is 15.3. The summed E-state index contributed by atoms with van der Waals surface area (Å²) in [7, 11) is 0. The van der Waals surface area contributed by atoms with Gasteiger partial charge >= 0.3 is 0 Å². The number of nitrogens with one attached hydrogen (secondary N) is 1. The van der Waals surface area contributed by atoms with E-state index in [1.165, 1.54) is 5.69 Å². The summed E-state index contributed by atoms with van der Waals surface area (Å²) in [4.78, 5) is 7.23. The topological polar surface area (TPSA) is 33.1 Å². The third-order valence-electron chi connectivity index (χ3n) is 3.52. The van der Waals surface area contributed by atoms with Crippen LogP contribution in [0.25, 0.3) is 0 Å². The normalized spacial score (nSPS) is 24.9. The number of aromatic nitrogens is 2. The summed E-state index contributed by atoms with van der Waals surface area (Å²) in [6.45, 7) is 13.2. The maximum absolute atomic E-state index is 4.80. The second-order valence-corrected chi connectivity index (χ2v) is 5.76. The maximum atomic E-state index is 4.80. The molecule has 2 rings (SSSR count). The molecule has 2 atom stereocenters. The minimum atomic E-state index is 0.466. The van der Waals surface area contributed by atoms with Crippen molar-refractivity contribution in [2.45, 2.75) is 59.2 Å². The maximum Gasteiger partial charge on any atom is 0.206 e. The number of anilines is 1. The summed E-state index contributed by atoms with van der Waals surface area (Å²) in [5.41, 5.74) is 1.19. The van der Waals surface area contributed by atoms with Crippen molar-refractivity contribution in [3.8, 4) is 0 Å². The number of nitrogens with zero attached hydrogens (tertiary/aromatic N) is 3. The Morgan fingerprint density at radius 2 is 1.94 bits per heavy atom. The lowest BCUT2D eigenvalue weighted by Crippen LogP contribution is -2.55. The van der Waals surface area contributed by atoms with Gasteiger partial charge in [-0.25, -0.2) is 4.98 Å². The molecule has 0 amide bonds. The number of rotatable bonds is 3. The van der Waals surface area contributed by atoms with Crippen LogP contribution in [0.5, 0.6) is 0 Å². The lowest BCUT2D eigenvalue weighted by atomic mass is 10.1. The molecule has 102 valence electrons. The van der Waals surface area contributed by atoms with Gasteiger partial charge in [-0.15, -0.1) is 0 Å². The van der Waals surface area contributed by atoms with Crippen LogP contribution in [0, 0.1) is 0 Å². The molecule has 0 saturated carbocycles. The SMILES string of the molecule is CCc1cn(C(C)C)c(N2CC(C)NC(C)C2)n1. The molecular formula is C14H26N4. The van der Waals surface area contributed by atoms with Gasteiger partial charge in [0.05, 0.1) is 5.69 Å². The first-order valence-electron chi connectivity index (χ1n) is 7.10. The van der Waals surface area contributed by atoms with E-state index in [1.54, 1.807) is 0 Å². The van der Waals surface area contributed by atoms with Crippen molar-refractivity contribution in [2.75, 3.05) is 18.0 Å². The van der Waals surface area contributed by atoms with Crippen LogP contribution in [0.3, 0.4) is 0 Å². The van der Waals surface area contributed by atoms with Gasteiger partial charge in [-0.1, -0.05) is 6.92 Å². The fourth-order valence-electron chi connectivity index (χ4n) is 2.71. The lowest BCUT2D eigenvalue weighted by molar-refractivity contribution is 0.398. The van der Waals surface area contributed by atoms with Crippen molar-refractivity contribution in [3.05, 3.63) is 11.9 Å². The van der Waals surface area contributed by atoms with Gasteiger partial charge in [-0.05, 0) is 34.1 Å². The van der Waals surface area contributed by atoms with Crippen LogP contribution in [0.15, 0.2) is 6.20 Å². The van der Waals surface area contributed by atoms with Crippen LogP contribution in [0.2, 0.25) is 0 Å². The molecule has 1 aliphatic heterocycles. The van der Waals surface area contributed by atoms with Crippen LogP contribution in [0.1, 0.15) is 46.4 Å². The molecule has 2 heterocycles. The average Bonchev–Trinajstić information content (AvgIpc) is 2.71. The lowest BCUT2D eigenvalue weighted by Gasteiger charge is -2.37. The van der Waals surface area contributed by atoms with Crippen molar-refractivity contribution in [3.63, 3.8) is 0 Å². The molecule has 1 saturated heterocycles. The highest BCUT2D eigenvalue weighted by Crippen LogP contribution is 2.22. The third-order valence-corrected chi connectivity index (χ3v) is 3.52. The van der Waals surface area contributed by atoms with E-state index in [4.69, 9.17) is 4.98 Å². The van der Waals surface area contributed by atoms with E-state index in [2.05, 4.69) is 55.6 Å². The summed E-state index contributed by atoms with van der Waals surface area (Å²) < 4.78 is 2.31. The Bertz CT molecular complexity index is 386. The number of hydrogen-bond acceptors (Lipinski definition) is 3. The number of hydrogen-bond donors (Lipinski definition) is 1. The number of imidazole rings is 1. The fraction of sp³-hybridized carbons (Fsp3) is 0.786. The summed E-state index contributed by atoms with van der Waals surface area (Å²) in [5, 5.41) is 3.57. The van der Waals surface area contributed by atoms with Gasteiger partial charge in [0.1, 0.15) is 0 Å². The third kappa shape index (κ3) is 2.69.